The Morgan fingerprint density at radius 2 is 2.25 bits per heavy atom. The van der Waals surface area contributed by atoms with Crippen molar-refractivity contribution in [3.8, 4) is 0 Å². The van der Waals surface area contributed by atoms with Gasteiger partial charge in [0.05, 0.1) is 6.42 Å². The van der Waals surface area contributed by atoms with Gasteiger partial charge in [-0.1, -0.05) is 6.42 Å². The zero-order valence-corrected chi connectivity index (χ0v) is 9.84. The number of carboxylic acids is 1. The molecule has 2 N–H and O–H groups in total. The number of carbonyl (C=O) groups is 1. The second-order valence-corrected chi connectivity index (χ2v) is 3.29. The third-order valence-corrected chi connectivity index (χ3v) is 2.11. The minimum atomic E-state index is -0.718. The van der Waals surface area contributed by atoms with Gasteiger partial charge in [0, 0.05) is 41.6 Å². The van der Waals surface area contributed by atoms with Crippen molar-refractivity contribution in [1.29, 1.82) is 0 Å². The summed E-state index contributed by atoms with van der Waals surface area (Å²) in [6.07, 6.45) is 3.95. The summed E-state index contributed by atoms with van der Waals surface area (Å²) in [5, 5.41) is 11.7. The summed E-state index contributed by atoms with van der Waals surface area (Å²) in [5.41, 5.74) is 0. The quantitative estimate of drug-likeness (QED) is 0.623. The van der Waals surface area contributed by atoms with Crippen LogP contribution in [-0.4, -0.2) is 52.7 Å². The van der Waals surface area contributed by atoms with E-state index in [9.17, 15) is 4.79 Å². The van der Waals surface area contributed by atoms with Crippen molar-refractivity contribution in [2.75, 3.05) is 0 Å². The van der Waals surface area contributed by atoms with E-state index < -0.39 is 5.97 Å². The first-order chi connectivity index (χ1) is 5.18. The summed E-state index contributed by atoms with van der Waals surface area (Å²) < 4.78 is 0. The Labute approximate surface area is 95.2 Å². The molecule has 0 aliphatic heterocycles. The standard InChI is InChI=1S/C8H15NO2.Na/c1-6(5-8(10)11)9-7-3-2-4-7;/h6-7,9H,2-5H2,1H3,(H,10,11);. The summed E-state index contributed by atoms with van der Waals surface area (Å²) in [6.45, 7) is 1.92. The molecule has 1 fully saturated rings. The van der Waals surface area contributed by atoms with Crippen molar-refractivity contribution in [2.24, 2.45) is 0 Å². The molecule has 1 radical (unpaired) electrons. The SMILES string of the molecule is CC(CC(=O)O)NC1CCC1.[Na]. The Balaban J connectivity index is 0.00000121. The van der Waals surface area contributed by atoms with Gasteiger partial charge in [-0.3, -0.25) is 4.79 Å². The first-order valence-corrected chi connectivity index (χ1v) is 4.16. The molecule has 0 saturated heterocycles. The molecule has 1 atom stereocenters. The Kier molecular flexibility index (Phi) is 6.19. The van der Waals surface area contributed by atoms with Crippen molar-refractivity contribution in [3.05, 3.63) is 0 Å². The van der Waals surface area contributed by atoms with Crippen molar-refractivity contribution in [1.82, 2.24) is 5.32 Å². The largest absolute Gasteiger partial charge is 0.481 e. The zero-order chi connectivity index (χ0) is 8.27. The van der Waals surface area contributed by atoms with Gasteiger partial charge in [-0.05, 0) is 19.8 Å². The summed E-state index contributed by atoms with van der Waals surface area (Å²) >= 11 is 0. The molecule has 0 aromatic rings. The van der Waals surface area contributed by atoms with Gasteiger partial charge >= 0.3 is 5.97 Å². The number of hydrogen-bond donors (Lipinski definition) is 2. The molecule has 0 heterocycles. The van der Waals surface area contributed by atoms with E-state index in [4.69, 9.17) is 5.11 Å². The van der Waals surface area contributed by atoms with Gasteiger partial charge in [-0.15, -0.1) is 0 Å². The van der Waals surface area contributed by atoms with Crippen LogP contribution in [0.4, 0.5) is 0 Å². The molecule has 0 amide bonds. The molecule has 4 heteroatoms. The topological polar surface area (TPSA) is 49.3 Å². The van der Waals surface area contributed by atoms with Gasteiger partial charge in [0.15, 0.2) is 0 Å². The Morgan fingerprint density at radius 1 is 1.67 bits per heavy atom. The number of carboxylic acid groups (broad SMARTS) is 1. The Bertz CT molecular complexity index is 148. The van der Waals surface area contributed by atoms with Gasteiger partial charge in [0.2, 0.25) is 0 Å². The molecule has 1 saturated carbocycles. The van der Waals surface area contributed by atoms with Gasteiger partial charge in [0.1, 0.15) is 0 Å². The predicted octanol–water partition coefficient (Wildman–Crippen LogP) is 0.611. The van der Waals surface area contributed by atoms with E-state index in [2.05, 4.69) is 5.32 Å². The summed E-state index contributed by atoms with van der Waals surface area (Å²) in [7, 11) is 0. The average Bonchev–Trinajstić information content (AvgIpc) is 1.77. The smallest absolute Gasteiger partial charge is 0.304 e. The fraction of sp³-hybridized carbons (Fsp3) is 0.875. The third-order valence-electron chi connectivity index (χ3n) is 2.11. The summed E-state index contributed by atoms with van der Waals surface area (Å²) in [6, 6.07) is 0.710. The van der Waals surface area contributed by atoms with Gasteiger partial charge in [0.25, 0.3) is 0 Å². The maximum Gasteiger partial charge on any atom is 0.304 e. The Hall–Kier alpha value is 0.430. The molecule has 0 bridgehead atoms. The van der Waals surface area contributed by atoms with Crippen LogP contribution in [-0.2, 0) is 4.79 Å². The molecule has 65 valence electrons. The molecule has 3 nitrogen and oxygen atoms in total. The Morgan fingerprint density at radius 3 is 2.58 bits per heavy atom. The average molecular weight is 180 g/mol. The van der Waals surface area contributed by atoms with Crippen LogP contribution in [0.1, 0.15) is 32.6 Å². The van der Waals surface area contributed by atoms with Crippen LogP contribution >= 0.6 is 0 Å². The molecule has 0 aromatic heterocycles. The van der Waals surface area contributed by atoms with Crippen LogP contribution in [0.5, 0.6) is 0 Å². The maximum absolute atomic E-state index is 10.3. The van der Waals surface area contributed by atoms with E-state index in [-0.39, 0.29) is 42.0 Å². The van der Waals surface area contributed by atoms with Crippen LogP contribution in [0.3, 0.4) is 0 Å². The van der Waals surface area contributed by atoms with Crippen LogP contribution in [0.15, 0.2) is 0 Å². The second kappa shape index (κ2) is 5.97. The van der Waals surface area contributed by atoms with E-state index in [0.717, 1.165) is 0 Å². The van der Waals surface area contributed by atoms with E-state index in [0.29, 0.717) is 6.04 Å². The van der Waals surface area contributed by atoms with Crippen molar-refractivity contribution in [3.63, 3.8) is 0 Å². The molecular weight excluding hydrogens is 165 g/mol. The summed E-state index contributed by atoms with van der Waals surface area (Å²) in [5.74, 6) is -0.718. The number of rotatable bonds is 4. The molecule has 0 aromatic carbocycles. The molecule has 1 unspecified atom stereocenters. The fourth-order valence-corrected chi connectivity index (χ4v) is 1.30. The number of hydrogen-bond acceptors (Lipinski definition) is 2. The van der Waals surface area contributed by atoms with Gasteiger partial charge in [-0.2, -0.15) is 0 Å². The maximum atomic E-state index is 10.3. The second-order valence-electron chi connectivity index (χ2n) is 3.29. The molecule has 12 heavy (non-hydrogen) atoms. The monoisotopic (exact) mass is 180 g/mol. The summed E-state index contributed by atoms with van der Waals surface area (Å²) in [4.78, 5) is 10.3. The van der Waals surface area contributed by atoms with Crippen molar-refractivity contribution in [2.45, 2.75) is 44.7 Å². The van der Waals surface area contributed by atoms with Crippen LogP contribution in [0.2, 0.25) is 0 Å². The van der Waals surface area contributed by atoms with E-state index >= 15 is 0 Å². The molecular formula is C8H15NNaO2. The minimum absolute atomic E-state index is 0. The predicted molar refractivity (Wildman–Crippen MR) is 48.2 cm³/mol. The molecule has 1 rings (SSSR count). The van der Waals surface area contributed by atoms with Crippen molar-refractivity contribution < 1.29 is 9.90 Å². The molecule has 1 aliphatic carbocycles. The van der Waals surface area contributed by atoms with Gasteiger partial charge < -0.3 is 10.4 Å². The fourth-order valence-electron chi connectivity index (χ4n) is 1.30. The third kappa shape index (κ3) is 4.45. The minimum Gasteiger partial charge on any atom is -0.481 e. The first kappa shape index (κ1) is 12.4. The molecule has 1 aliphatic rings. The van der Waals surface area contributed by atoms with Crippen LogP contribution in [0.25, 0.3) is 0 Å². The van der Waals surface area contributed by atoms with E-state index in [1.54, 1.807) is 0 Å². The molecule has 0 spiro atoms. The first-order valence-electron chi connectivity index (χ1n) is 4.16. The van der Waals surface area contributed by atoms with Crippen LogP contribution < -0.4 is 5.32 Å². The van der Waals surface area contributed by atoms with Crippen LogP contribution in [0, 0.1) is 0 Å². The van der Waals surface area contributed by atoms with E-state index in [1.807, 2.05) is 6.92 Å². The number of nitrogens with one attached hydrogen (secondary N) is 1. The normalized spacial score (nSPS) is 19.1. The van der Waals surface area contributed by atoms with E-state index in [1.165, 1.54) is 19.3 Å². The zero-order valence-electron chi connectivity index (χ0n) is 7.84. The van der Waals surface area contributed by atoms with Crippen molar-refractivity contribution >= 4 is 35.5 Å². The number of aliphatic carboxylic acids is 1. The van der Waals surface area contributed by atoms with Gasteiger partial charge in [-0.25, -0.2) is 0 Å².